The van der Waals surface area contributed by atoms with E-state index >= 15 is 0 Å². The third-order valence-corrected chi connectivity index (χ3v) is 3.90. The molecule has 1 fully saturated rings. The molecule has 4 rings (SSSR count). The van der Waals surface area contributed by atoms with E-state index in [0.29, 0.717) is 29.7 Å². The molecule has 1 saturated carbocycles. The van der Waals surface area contributed by atoms with Gasteiger partial charge in [0.05, 0.1) is 10.9 Å². The first kappa shape index (κ1) is 13.7. The first-order chi connectivity index (χ1) is 11.0. The molecule has 0 bridgehead atoms. The molecular formula is C14H14FN7O. The van der Waals surface area contributed by atoms with Crippen molar-refractivity contribution < 1.29 is 9.18 Å². The molecule has 4 N–H and O–H groups in total. The Bertz CT molecular complexity index is 924. The largest absolute Gasteiger partial charge is 0.383 e. The van der Waals surface area contributed by atoms with Crippen molar-refractivity contribution >= 4 is 28.6 Å². The molecule has 1 aliphatic rings. The molecule has 0 spiro atoms. The van der Waals surface area contributed by atoms with Crippen LogP contribution in [0.1, 0.15) is 28.9 Å². The Morgan fingerprint density at radius 1 is 1.48 bits per heavy atom. The molecule has 0 radical (unpaired) electrons. The van der Waals surface area contributed by atoms with Gasteiger partial charge < -0.3 is 11.1 Å². The van der Waals surface area contributed by atoms with E-state index in [1.165, 1.54) is 17.1 Å². The van der Waals surface area contributed by atoms with E-state index in [-0.39, 0.29) is 11.4 Å². The summed E-state index contributed by atoms with van der Waals surface area (Å²) in [5.74, 6) is -1.42. The minimum absolute atomic E-state index is 0.140. The third-order valence-electron chi connectivity index (χ3n) is 3.90. The Hall–Kier alpha value is -2.97. The van der Waals surface area contributed by atoms with Gasteiger partial charge in [0.2, 0.25) is 0 Å². The number of rotatable bonds is 3. The van der Waals surface area contributed by atoms with Gasteiger partial charge in [-0.2, -0.15) is 5.10 Å². The molecule has 23 heavy (non-hydrogen) atoms. The Labute approximate surface area is 129 Å². The van der Waals surface area contributed by atoms with Crippen molar-refractivity contribution in [3.8, 4) is 0 Å². The second-order valence-corrected chi connectivity index (χ2v) is 5.68. The third kappa shape index (κ3) is 2.12. The summed E-state index contributed by atoms with van der Waals surface area (Å²) in [6.07, 6.45) is 3.48. The molecule has 0 saturated heterocycles. The lowest BCUT2D eigenvalue weighted by Crippen LogP contribution is -2.13. The van der Waals surface area contributed by atoms with Crippen molar-refractivity contribution in [2.75, 3.05) is 11.1 Å². The molecule has 8 nitrogen and oxygen atoms in total. The molecule has 0 unspecified atom stereocenters. The summed E-state index contributed by atoms with van der Waals surface area (Å²) >= 11 is 0. The van der Waals surface area contributed by atoms with E-state index in [2.05, 4.69) is 25.5 Å². The quantitative estimate of drug-likeness (QED) is 0.680. The van der Waals surface area contributed by atoms with Gasteiger partial charge in [0.1, 0.15) is 17.8 Å². The lowest BCUT2D eigenvalue weighted by molar-refractivity contribution is 0.102. The Morgan fingerprint density at radius 3 is 2.91 bits per heavy atom. The average molecular weight is 315 g/mol. The molecule has 3 heterocycles. The highest BCUT2D eigenvalue weighted by molar-refractivity contribution is 6.14. The Morgan fingerprint density at radius 2 is 2.26 bits per heavy atom. The first-order valence-corrected chi connectivity index (χ1v) is 7.12. The fourth-order valence-corrected chi connectivity index (χ4v) is 2.57. The molecule has 0 atom stereocenters. The predicted octanol–water partition coefficient (Wildman–Crippen LogP) is 1.71. The number of nitrogens with one attached hydrogen (secondary N) is 2. The van der Waals surface area contributed by atoms with Gasteiger partial charge in [0.25, 0.3) is 5.91 Å². The fraction of sp³-hybridized carbons (Fsp3) is 0.286. The number of hydrogen-bond acceptors (Lipinski definition) is 5. The monoisotopic (exact) mass is 315 g/mol. The molecule has 9 heteroatoms. The van der Waals surface area contributed by atoms with E-state index < -0.39 is 11.7 Å². The average Bonchev–Trinajstić information content (AvgIpc) is 2.95. The van der Waals surface area contributed by atoms with E-state index in [4.69, 9.17) is 5.73 Å². The maximum atomic E-state index is 14.5. The number of amides is 1. The number of nitrogens with zero attached hydrogens (tertiary/aromatic N) is 4. The summed E-state index contributed by atoms with van der Waals surface area (Å²) in [6, 6.07) is 1.69. The number of aromatic nitrogens is 5. The number of anilines is 2. The zero-order chi connectivity index (χ0) is 16.2. The molecule has 0 aromatic carbocycles. The van der Waals surface area contributed by atoms with Crippen molar-refractivity contribution in [3.63, 3.8) is 0 Å². The number of alkyl halides is 1. The predicted molar refractivity (Wildman–Crippen MR) is 81.5 cm³/mol. The second-order valence-electron chi connectivity index (χ2n) is 5.68. The fourth-order valence-electron chi connectivity index (χ4n) is 2.57. The van der Waals surface area contributed by atoms with Crippen molar-refractivity contribution in [2.24, 2.45) is 0 Å². The Kier molecular flexibility index (Phi) is 2.68. The normalized spacial score (nSPS) is 15.7. The maximum Gasteiger partial charge on any atom is 0.259 e. The summed E-state index contributed by atoms with van der Waals surface area (Å²) in [6.45, 7) is 1.82. The van der Waals surface area contributed by atoms with Gasteiger partial charge in [0.15, 0.2) is 11.6 Å². The van der Waals surface area contributed by atoms with Gasteiger partial charge in [0, 0.05) is 30.8 Å². The highest BCUT2D eigenvalue weighted by Crippen LogP contribution is 2.47. The zero-order valence-electron chi connectivity index (χ0n) is 12.3. The summed E-state index contributed by atoms with van der Waals surface area (Å²) < 4.78 is 15.9. The van der Waals surface area contributed by atoms with Crippen molar-refractivity contribution in [3.05, 3.63) is 29.8 Å². The minimum Gasteiger partial charge on any atom is -0.383 e. The van der Waals surface area contributed by atoms with Crippen LogP contribution in [-0.2, 0) is 5.79 Å². The number of hydrogen-bond donors (Lipinski definition) is 3. The van der Waals surface area contributed by atoms with Crippen LogP contribution in [0.4, 0.5) is 16.0 Å². The molecular weight excluding hydrogens is 301 g/mol. The van der Waals surface area contributed by atoms with Crippen LogP contribution in [-0.4, -0.2) is 30.6 Å². The van der Waals surface area contributed by atoms with Gasteiger partial charge in [-0.15, -0.1) is 0 Å². The molecule has 3 aromatic rings. The molecule has 1 amide bonds. The maximum absolute atomic E-state index is 14.5. The van der Waals surface area contributed by atoms with Crippen molar-refractivity contribution in [1.82, 2.24) is 24.7 Å². The number of nitrogen functional groups attached to an aromatic ring is 1. The lowest BCUT2D eigenvalue weighted by Gasteiger charge is -2.07. The van der Waals surface area contributed by atoms with Crippen LogP contribution >= 0.6 is 0 Å². The highest BCUT2D eigenvalue weighted by atomic mass is 19.1. The smallest absolute Gasteiger partial charge is 0.259 e. The zero-order valence-corrected chi connectivity index (χ0v) is 12.3. The van der Waals surface area contributed by atoms with Gasteiger partial charge in [-0.1, -0.05) is 0 Å². The van der Waals surface area contributed by atoms with Crippen LogP contribution < -0.4 is 11.1 Å². The van der Waals surface area contributed by atoms with E-state index in [1.807, 2.05) is 6.92 Å². The number of carbonyl (C=O) groups excluding carboxylic acids is 1. The number of H-pyrrole nitrogens is 1. The van der Waals surface area contributed by atoms with E-state index in [0.717, 1.165) is 5.69 Å². The number of halogens is 1. The summed E-state index contributed by atoms with van der Waals surface area (Å²) in [7, 11) is 0. The number of nitrogens with two attached hydrogens (primary N) is 1. The molecule has 3 aromatic heterocycles. The molecule has 118 valence electrons. The SMILES string of the molecule is Cc1cc(NC(=O)c2cn(C3(F)CC3)c3ncnc(N)c23)n[nH]1. The van der Waals surface area contributed by atoms with Gasteiger partial charge in [-0.05, 0) is 6.92 Å². The number of fused-ring (bicyclic) bond motifs is 1. The number of carbonyl (C=O) groups is 1. The Balaban J connectivity index is 1.81. The standard InChI is InChI=1S/C14H14FN7O/c1-7-4-9(21-20-7)19-13(23)8-5-22(14(15)2-3-14)12-10(8)11(16)17-6-18-12/h4-6H,2-3H2,1H3,(H2,16,17,18)(H2,19,20,21,23). The summed E-state index contributed by atoms with van der Waals surface area (Å²) in [4.78, 5) is 20.5. The van der Waals surface area contributed by atoms with Crippen LogP contribution in [0.25, 0.3) is 11.0 Å². The second kappa shape index (κ2) is 4.51. The van der Waals surface area contributed by atoms with Crippen LogP contribution in [0.15, 0.2) is 18.6 Å². The van der Waals surface area contributed by atoms with E-state index in [9.17, 15) is 9.18 Å². The minimum atomic E-state index is -1.50. The van der Waals surface area contributed by atoms with Crippen LogP contribution in [0.5, 0.6) is 0 Å². The van der Waals surface area contributed by atoms with Crippen LogP contribution in [0.2, 0.25) is 0 Å². The highest BCUT2D eigenvalue weighted by Gasteiger charge is 2.47. The van der Waals surface area contributed by atoms with Gasteiger partial charge in [-0.25, -0.2) is 14.4 Å². The van der Waals surface area contributed by atoms with Crippen LogP contribution in [0, 0.1) is 6.92 Å². The molecule has 1 aliphatic carbocycles. The summed E-state index contributed by atoms with van der Waals surface area (Å²) in [5, 5.41) is 9.69. The number of aromatic amines is 1. The van der Waals surface area contributed by atoms with Crippen molar-refractivity contribution in [2.45, 2.75) is 25.6 Å². The van der Waals surface area contributed by atoms with E-state index in [1.54, 1.807) is 6.07 Å². The van der Waals surface area contributed by atoms with Gasteiger partial charge in [-0.3, -0.25) is 14.5 Å². The lowest BCUT2D eigenvalue weighted by atomic mass is 10.2. The topological polar surface area (TPSA) is 115 Å². The summed E-state index contributed by atoms with van der Waals surface area (Å²) in [5.41, 5.74) is 7.24. The van der Waals surface area contributed by atoms with Crippen LogP contribution in [0.3, 0.4) is 0 Å². The number of aryl methyl sites for hydroxylation is 1. The van der Waals surface area contributed by atoms with Gasteiger partial charge >= 0.3 is 0 Å². The first-order valence-electron chi connectivity index (χ1n) is 7.12. The molecule has 0 aliphatic heterocycles. The van der Waals surface area contributed by atoms with Crippen molar-refractivity contribution in [1.29, 1.82) is 0 Å².